The zero-order chi connectivity index (χ0) is 27.3. The van der Waals surface area contributed by atoms with Gasteiger partial charge in [0.25, 0.3) is 0 Å². The average molecular weight is 529 g/mol. The van der Waals surface area contributed by atoms with Gasteiger partial charge in [-0.2, -0.15) is 0 Å². The Kier molecular flexibility index (Phi) is 7.15. The summed E-state index contributed by atoms with van der Waals surface area (Å²) in [6.07, 6.45) is 1.15. The molecule has 8 nitrogen and oxygen atoms in total. The van der Waals surface area contributed by atoms with Crippen LogP contribution in [0.3, 0.4) is 0 Å². The fraction of sp³-hybridized carbons (Fsp3) is 0.125. The molecule has 0 saturated heterocycles. The number of aliphatic hydroxyl groups excluding tert-OH is 1. The van der Waals surface area contributed by atoms with Gasteiger partial charge in [0.2, 0.25) is 0 Å². The first-order valence-corrected chi connectivity index (χ1v) is 13.1. The van der Waals surface area contributed by atoms with E-state index in [9.17, 15) is 5.11 Å². The lowest BCUT2D eigenvalue weighted by Gasteiger charge is -2.13. The molecule has 4 aromatic carbocycles. The van der Waals surface area contributed by atoms with Crippen LogP contribution in [0.5, 0.6) is 5.75 Å². The van der Waals surface area contributed by atoms with E-state index in [1.165, 1.54) is 0 Å². The molecule has 8 heteroatoms. The smallest absolute Gasteiger partial charge is 0.142 e. The van der Waals surface area contributed by atoms with Crippen molar-refractivity contribution in [3.05, 3.63) is 114 Å². The quantitative estimate of drug-likeness (QED) is 0.199. The van der Waals surface area contributed by atoms with E-state index in [1.54, 1.807) is 7.11 Å². The predicted molar refractivity (Wildman–Crippen MR) is 158 cm³/mol. The molecule has 198 valence electrons. The first kappa shape index (κ1) is 25.2. The average Bonchev–Trinajstić information content (AvgIpc) is 3.01. The van der Waals surface area contributed by atoms with E-state index in [4.69, 9.17) is 24.7 Å². The van der Waals surface area contributed by atoms with Crippen molar-refractivity contribution >= 4 is 44.8 Å². The van der Waals surface area contributed by atoms with Crippen molar-refractivity contribution in [1.29, 1.82) is 0 Å². The number of methoxy groups -OCH3 is 1. The van der Waals surface area contributed by atoms with Crippen molar-refractivity contribution in [1.82, 2.24) is 19.9 Å². The van der Waals surface area contributed by atoms with Crippen LogP contribution in [0.25, 0.3) is 21.8 Å². The highest BCUT2D eigenvalue weighted by Gasteiger charge is 2.12. The van der Waals surface area contributed by atoms with E-state index < -0.39 is 0 Å². The van der Waals surface area contributed by atoms with Crippen LogP contribution >= 0.6 is 0 Å². The van der Waals surface area contributed by atoms with Crippen molar-refractivity contribution in [3.63, 3.8) is 0 Å². The largest absolute Gasteiger partial charge is 0.497 e. The highest BCUT2D eigenvalue weighted by Crippen LogP contribution is 2.27. The van der Waals surface area contributed by atoms with E-state index in [1.807, 2.05) is 97.1 Å². The third kappa shape index (κ3) is 5.52. The minimum absolute atomic E-state index is 0.00897. The summed E-state index contributed by atoms with van der Waals surface area (Å²) in [5.41, 5.74) is 4.39. The lowest BCUT2D eigenvalue weighted by molar-refractivity contribution is 0.282. The molecule has 0 fully saturated rings. The molecule has 0 spiro atoms. The summed E-state index contributed by atoms with van der Waals surface area (Å²) in [6.45, 7) is 0.00897. The van der Waals surface area contributed by atoms with E-state index in [-0.39, 0.29) is 6.61 Å². The first-order valence-electron chi connectivity index (χ1n) is 13.1. The zero-order valence-electron chi connectivity index (χ0n) is 22.0. The van der Waals surface area contributed by atoms with E-state index >= 15 is 0 Å². The molecule has 0 aliphatic heterocycles. The van der Waals surface area contributed by atoms with Gasteiger partial charge in [0.1, 0.15) is 29.0 Å². The Balaban J connectivity index is 1.28. The Morgan fingerprint density at radius 3 is 1.55 bits per heavy atom. The molecule has 3 N–H and O–H groups in total. The van der Waals surface area contributed by atoms with Gasteiger partial charge >= 0.3 is 0 Å². The third-order valence-corrected chi connectivity index (χ3v) is 6.62. The summed E-state index contributed by atoms with van der Waals surface area (Å²) in [5.74, 6) is 3.69. The molecule has 6 rings (SSSR count). The molecule has 0 radical (unpaired) electrons. The van der Waals surface area contributed by atoms with E-state index in [0.717, 1.165) is 56.1 Å². The second-order valence-electron chi connectivity index (χ2n) is 9.34. The third-order valence-electron chi connectivity index (χ3n) is 6.62. The van der Waals surface area contributed by atoms with Crippen LogP contribution in [-0.2, 0) is 19.4 Å². The number of aliphatic hydroxyl groups is 1. The van der Waals surface area contributed by atoms with Crippen LogP contribution in [0.1, 0.15) is 17.2 Å². The molecule has 0 saturated carbocycles. The Bertz CT molecular complexity index is 1640. The van der Waals surface area contributed by atoms with Gasteiger partial charge in [-0.15, -0.1) is 0 Å². The topological polar surface area (TPSA) is 105 Å². The van der Waals surface area contributed by atoms with Gasteiger partial charge in [0, 0.05) is 35.0 Å². The van der Waals surface area contributed by atoms with Crippen molar-refractivity contribution in [3.8, 4) is 5.75 Å². The number of aromatic nitrogens is 4. The number of hydrogen-bond acceptors (Lipinski definition) is 8. The summed E-state index contributed by atoms with van der Waals surface area (Å²) in [6, 6.07) is 31.3. The number of nitrogens with one attached hydrogen (secondary N) is 2. The second-order valence-corrected chi connectivity index (χ2v) is 9.34. The Morgan fingerprint density at radius 1 is 0.600 bits per heavy atom. The summed E-state index contributed by atoms with van der Waals surface area (Å²) in [5, 5.41) is 18.1. The molecular formula is C32H28N6O2. The van der Waals surface area contributed by atoms with Crippen molar-refractivity contribution in [2.75, 3.05) is 17.7 Å². The molecule has 2 heterocycles. The summed E-state index contributed by atoms with van der Waals surface area (Å²) >= 11 is 0. The van der Waals surface area contributed by atoms with Crippen LogP contribution in [0, 0.1) is 0 Å². The Labute approximate surface area is 231 Å². The molecule has 0 amide bonds. The highest BCUT2D eigenvalue weighted by molar-refractivity contribution is 5.91. The van der Waals surface area contributed by atoms with Gasteiger partial charge in [-0.05, 0) is 66.2 Å². The normalized spacial score (nSPS) is 11.1. The monoisotopic (exact) mass is 528 g/mol. The second kappa shape index (κ2) is 11.3. The summed E-state index contributed by atoms with van der Waals surface area (Å²) in [4.78, 5) is 19.4. The molecule has 0 aliphatic carbocycles. The number of rotatable bonds is 9. The first-order chi connectivity index (χ1) is 19.7. The zero-order valence-corrected chi connectivity index (χ0v) is 22.0. The van der Waals surface area contributed by atoms with Gasteiger partial charge in [-0.25, -0.2) is 19.9 Å². The number of fused-ring (bicyclic) bond motifs is 2. The number of benzene rings is 4. The Morgan fingerprint density at radius 2 is 1.07 bits per heavy atom. The maximum Gasteiger partial charge on any atom is 0.142 e. The van der Waals surface area contributed by atoms with Crippen molar-refractivity contribution < 1.29 is 9.84 Å². The number of para-hydroxylation sites is 2. The predicted octanol–water partition coefficient (Wildman–Crippen LogP) is 6.35. The summed E-state index contributed by atoms with van der Waals surface area (Å²) < 4.78 is 5.28. The van der Waals surface area contributed by atoms with E-state index in [0.29, 0.717) is 24.5 Å². The molecule has 40 heavy (non-hydrogen) atoms. The van der Waals surface area contributed by atoms with Gasteiger partial charge in [0.15, 0.2) is 0 Å². The van der Waals surface area contributed by atoms with Crippen LogP contribution in [0.15, 0.2) is 97.1 Å². The number of aryl methyl sites for hydroxylation is 2. The lowest BCUT2D eigenvalue weighted by Crippen LogP contribution is -2.07. The fourth-order valence-electron chi connectivity index (χ4n) is 4.53. The molecule has 0 atom stereocenters. The molecule has 6 aromatic rings. The van der Waals surface area contributed by atoms with Gasteiger partial charge < -0.3 is 20.5 Å². The molecule has 0 aliphatic rings. The van der Waals surface area contributed by atoms with Crippen molar-refractivity contribution in [2.24, 2.45) is 0 Å². The number of hydrogen-bond donors (Lipinski definition) is 3. The minimum atomic E-state index is 0.00897. The number of ether oxygens (including phenoxy) is 1. The number of anilines is 4. The lowest BCUT2D eigenvalue weighted by atomic mass is 10.2. The van der Waals surface area contributed by atoms with Crippen LogP contribution in [0.2, 0.25) is 0 Å². The molecule has 0 bridgehead atoms. The van der Waals surface area contributed by atoms with Crippen LogP contribution in [0.4, 0.5) is 23.0 Å². The Hall–Kier alpha value is -5.08. The standard InChI is InChI=1S/C32H28N6O2/c1-40-24-16-14-23(15-17-24)34-32-26-7-3-5-9-28(26)36-30(38-32)19-18-29-35-27-8-4-2-6-25(27)31(37-29)33-22-12-10-21(20-39)11-13-22/h2-17,39H,18-20H2,1H3,(H,33,35,37)(H,34,36,38). The fourth-order valence-corrected chi connectivity index (χ4v) is 4.53. The molecule has 2 aromatic heterocycles. The molecular weight excluding hydrogens is 500 g/mol. The van der Waals surface area contributed by atoms with Crippen LogP contribution in [-0.4, -0.2) is 32.2 Å². The van der Waals surface area contributed by atoms with Crippen molar-refractivity contribution in [2.45, 2.75) is 19.4 Å². The maximum atomic E-state index is 9.36. The maximum absolute atomic E-state index is 9.36. The summed E-state index contributed by atoms with van der Waals surface area (Å²) in [7, 11) is 1.65. The van der Waals surface area contributed by atoms with Gasteiger partial charge in [-0.1, -0.05) is 36.4 Å². The number of nitrogens with zero attached hydrogens (tertiary/aromatic N) is 4. The SMILES string of the molecule is COc1ccc(Nc2nc(CCc3nc(Nc4ccc(CO)cc4)c4ccccc4n3)nc3ccccc23)cc1. The van der Waals surface area contributed by atoms with Gasteiger partial charge in [0.05, 0.1) is 24.8 Å². The molecule has 0 unspecified atom stereocenters. The minimum Gasteiger partial charge on any atom is -0.497 e. The van der Waals surface area contributed by atoms with E-state index in [2.05, 4.69) is 10.6 Å². The highest BCUT2D eigenvalue weighted by atomic mass is 16.5. The van der Waals surface area contributed by atoms with Gasteiger partial charge in [-0.3, -0.25) is 0 Å². The van der Waals surface area contributed by atoms with Crippen LogP contribution < -0.4 is 15.4 Å².